The summed E-state index contributed by atoms with van der Waals surface area (Å²) in [6, 6.07) is 10.5. The van der Waals surface area contributed by atoms with E-state index in [0.29, 0.717) is 21.4 Å². The van der Waals surface area contributed by atoms with Gasteiger partial charge in [0.15, 0.2) is 0 Å². The van der Waals surface area contributed by atoms with Gasteiger partial charge in [0, 0.05) is 14.2 Å². The predicted octanol–water partition coefficient (Wildman–Crippen LogP) is 5.89. The summed E-state index contributed by atoms with van der Waals surface area (Å²) in [7, 11) is 0. The van der Waals surface area contributed by atoms with E-state index >= 15 is 0 Å². The first-order valence-corrected chi connectivity index (χ1v) is 8.69. The molecule has 0 spiro atoms. The van der Waals surface area contributed by atoms with Gasteiger partial charge in [-0.1, -0.05) is 23.2 Å². The maximum Gasteiger partial charge on any atom is 0.215 e. The van der Waals surface area contributed by atoms with Gasteiger partial charge in [-0.25, -0.2) is 0 Å². The molecule has 1 atom stereocenters. The zero-order valence-electron chi connectivity index (χ0n) is 10.9. The smallest absolute Gasteiger partial charge is 0.215 e. The van der Waals surface area contributed by atoms with Crippen molar-refractivity contribution in [3.63, 3.8) is 0 Å². The number of Topliss-reactive ketones (excluding diaryl/α,β-unsaturated/α-hetero) is 1. The summed E-state index contributed by atoms with van der Waals surface area (Å²) in [6.45, 7) is 1.93. The Morgan fingerprint density at radius 1 is 1.24 bits per heavy atom. The summed E-state index contributed by atoms with van der Waals surface area (Å²) in [5.41, 5.74) is 1.33. The van der Waals surface area contributed by atoms with E-state index in [0.717, 1.165) is 9.13 Å². The van der Waals surface area contributed by atoms with E-state index in [4.69, 9.17) is 27.9 Å². The molecule has 0 aliphatic carbocycles. The normalized spacial score (nSPS) is 12.0. The fourth-order valence-corrected chi connectivity index (χ4v) is 3.32. The molecule has 0 bridgehead atoms. The van der Waals surface area contributed by atoms with Gasteiger partial charge >= 0.3 is 0 Å². The van der Waals surface area contributed by atoms with E-state index in [-0.39, 0.29) is 5.78 Å². The third kappa shape index (κ3) is 4.34. The van der Waals surface area contributed by atoms with Gasteiger partial charge in [-0.05, 0) is 87.4 Å². The predicted molar refractivity (Wildman–Crippen MR) is 98.0 cm³/mol. The number of rotatable bonds is 4. The number of ketones is 1. The van der Waals surface area contributed by atoms with Crippen molar-refractivity contribution < 1.29 is 9.53 Å². The molecule has 110 valence electrons. The Balaban J connectivity index is 2.19. The summed E-state index contributed by atoms with van der Waals surface area (Å²) in [5, 5.41) is -0.0214. The Morgan fingerprint density at radius 3 is 2.57 bits per heavy atom. The summed E-state index contributed by atoms with van der Waals surface area (Å²) in [6.07, 6.45) is 0. The van der Waals surface area contributed by atoms with Crippen molar-refractivity contribution in [2.24, 2.45) is 0 Å². The van der Waals surface area contributed by atoms with Gasteiger partial charge in [-0.2, -0.15) is 0 Å². The summed E-state index contributed by atoms with van der Waals surface area (Å²) in [4.78, 5) is 12.4. The third-order valence-electron chi connectivity index (χ3n) is 2.77. The monoisotopic (exact) mass is 498 g/mol. The van der Waals surface area contributed by atoms with Gasteiger partial charge in [-0.15, -0.1) is 0 Å². The van der Waals surface area contributed by atoms with Gasteiger partial charge in [0.25, 0.3) is 0 Å². The van der Waals surface area contributed by atoms with Crippen LogP contribution in [-0.4, -0.2) is 10.8 Å². The Bertz CT molecular complexity index is 691. The number of carbonyl (C=O) groups is 1. The van der Waals surface area contributed by atoms with Crippen LogP contribution in [0.1, 0.15) is 15.9 Å². The van der Waals surface area contributed by atoms with E-state index in [1.807, 2.05) is 25.1 Å². The standard InChI is InChI=1S/C15H10BrCl2IO2/c1-8-6-10(19)3-5-13(8)21-15(16)14(20)11-4-2-9(17)7-12(11)18/h2-7,15H,1H3. The van der Waals surface area contributed by atoms with E-state index in [1.165, 1.54) is 6.07 Å². The number of alkyl halides is 1. The number of hydrogen-bond donors (Lipinski definition) is 0. The van der Waals surface area contributed by atoms with Crippen molar-refractivity contribution >= 4 is 67.5 Å². The first-order chi connectivity index (χ1) is 9.88. The zero-order chi connectivity index (χ0) is 15.6. The Morgan fingerprint density at radius 2 is 1.95 bits per heavy atom. The number of aryl methyl sites for hydroxylation is 1. The molecule has 0 fully saturated rings. The summed E-state index contributed by atoms with van der Waals surface area (Å²) < 4.78 is 6.78. The number of hydrogen-bond acceptors (Lipinski definition) is 2. The molecule has 2 nitrogen and oxygen atoms in total. The topological polar surface area (TPSA) is 26.3 Å². The Kier molecular flexibility index (Phi) is 5.94. The van der Waals surface area contributed by atoms with Crippen LogP contribution in [0.25, 0.3) is 0 Å². The highest BCUT2D eigenvalue weighted by Gasteiger charge is 2.22. The number of halogens is 4. The molecule has 0 aliphatic rings. The van der Waals surface area contributed by atoms with Crippen molar-refractivity contribution in [3.8, 4) is 5.75 Å². The van der Waals surface area contributed by atoms with Crippen LogP contribution in [-0.2, 0) is 0 Å². The van der Waals surface area contributed by atoms with Crippen molar-refractivity contribution in [1.29, 1.82) is 0 Å². The van der Waals surface area contributed by atoms with Crippen LogP contribution in [0.15, 0.2) is 36.4 Å². The van der Waals surface area contributed by atoms with Crippen LogP contribution in [0.4, 0.5) is 0 Å². The quantitative estimate of drug-likeness (QED) is 0.298. The lowest BCUT2D eigenvalue weighted by Crippen LogP contribution is -2.21. The summed E-state index contributed by atoms with van der Waals surface area (Å²) >= 11 is 17.3. The molecule has 0 radical (unpaired) electrons. The molecular weight excluding hydrogens is 490 g/mol. The van der Waals surface area contributed by atoms with Gasteiger partial charge < -0.3 is 4.74 Å². The van der Waals surface area contributed by atoms with E-state index < -0.39 is 5.01 Å². The van der Waals surface area contributed by atoms with Gasteiger partial charge in [0.1, 0.15) is 5.75 Å². The first kappa shape index (κ1) is 17.1. The summed E-state index contributed by atoms with van der Waals surface area (Å²) in [5.74, 6) is 0.394. The molecular formula is C15H10BrCl2IO2. The van der Waals surface area contributed by atoms with Crippen LogP contribution in [0.3, 0.4) is 0 Å². The van der Waals surface area contributed by atoms with Crippen molar-refractivity contribution in [3.05, 3.63) is 61.1 Å². The number of carbonyl (C=O) groups excluding carboxylic acids is 1. The van der Waals surface area contributed by atoms with E-state index in [9.17, 15) is 4.79 Å². The van der Waals surface area contributed by atoms with Crippen molar-refractivity contribution in [2.45, 2.75) is 11.9 Å². The Hall–Kier alpha value is -0.300. The van der Waals surface area contributed by atoms with Crippen LogP contribution in [0, 0.1) is 10.5 Å². The molecule has 0 saturated heterocycles. The molecule has 0 N–H and O–H groups in total. The second kappa shape index (κ2) is 7.31. The fraction of sp³-hybridized carbons (Fsp3) is 0.133. The average Bonchev–Trinajstić information content (AvgIpc) is 2.41. The molecule has 21 heavy (non-hydrogen) atoms. The second-order valence-electron chi connectivity index (χ2n) is 4.33. The molecule has 0 aliphatic heterocycles. The average molecular weight is 500 g/mol. The third-order valence-corrected chi connectivity index (χ3v) is 4.59. The van der Waals surface area contributed by atoms with E-state index in [1.54, 1.807) is 12.1 Å². The molecule has 0 aromatic heterocycles. The van der Waals surface area contributed by atoms with Gasteiger partial charge in [0.05, 0.1) is 5.02 Å². The number of benzene rings is 2. The highest BCUT2D eigenvalue weighted by atomic mass is 127. The van der Waals surface area contributed by atoms with Crippen LogP contribution in [0.5, 0.6) is 5.75 Å². The Labute approximate surface area is 155 Å². The van der Waals surface area contributed by atoms with Crippen molar-refractivity contribution in [1.82, 2.24) is 0 Å². The molecule has 0 amide bonds. The maximum absolute atomic E-state index is 12.4. The fourth-order valence-electron chi connectivity index (χ4n) is 1.72. The van der Waals surface area contributed by atoms with Gasteiger partial charge in [-0.3, -0.25) is 4.79 Å². The SMILES string of the molecule is Cc1cc(I)ccc1OC(Br)C(=O)c1ccc(Cl)cc1Cl. The first-order valence-electron chi connectivity index (χ1n) is 5.94. The lowest BCUT2D eigenvalue weighted by Gasteiger charge is -2.15. The maximum atomic E-state index is 12.4. The molecule has 1 unspecified atom stereocenters. The number of ether oxygens (including phenoxy) is 1. The minimum atomic E-state index is -0.810. The molecule has 0 saturated carbocycles. The lowest BCUT2D eigenvalue weighted by molar-refractivity contribution is 0.0897. The highest BCUT2D eigenvalue weighted by Crippen LogP contribution is 2.27. The second-order valence-corrected chi connectivity index (χ2v) is 7.25. The lowest BCUT2D eigenvalue weighted by atomic mass is 10.1. The van der Waals surface area contributed by atoms with Crippen molar-refractivity contribution in [2.75, 3.05) is 0 Å². The minimum Gasteiger partial charge on any atom is -0.471 e. The highest BCUT2D eigenvalue weighted by molar-refractivity contribution is 14.1. The van der Waals surface area contributed by atoms with Crippen LogP contribution >= 0.6 is 61.7 Å². The van der Waals surface area contributed by atoms with Crippen LogP contribution in [0.2, 0.25) is 10.0 Å². The molecule has 0 heterocycles. The molecule has 2 aromatic rings. The largest absolute Gasteiger partial charge is 0.471 e. The molecule has 6 heteroatoms. The van der Waals surface area contributed by atoms with E-state index in [2.05, 4.69) is 38.5 Å². The zero-order valence-corrected chi connectivity index (χ0v) is 16.1. The molecule has 2 aromatic carbocycles. The minimum absolute atomic E-state index is 0.255. The van der Waals surface area contributed by atoms with Crippen LogP contribution < -0.4 is 4.74 Å². The van der Waals surface area contributed by atoms with Gasteiger partial charge in [0.2, 0.25) is 10.8 Å². The molecule has 2 rings (SSSR count).